The highest BCUT2D eigenvalue weighted by molar-refractivity contribution is 6.06. The van der Waals surface area contributed by atoms with E-state index in [1.165, 1.54) is 4.68 Å². The Hall–Kier alpha value is -3.35. The van der Waals surface area contributed by atoms with Gasteiger partial charge in [0.15, 0.2) is 5.69 Å². The van der Waals surface area contributed by atoms with E-state index in [0.717, 1.165) is 18.4 Å². The second-order valence-corrected chi connectivity index (χ2v) is 6.16. The Kier molecular flexibility index (Phi) is 5.71. The van der Waals surface area contributed by atoms with Gasteiger partial charge in [-0.2, -0.15) is 10.2 Å². The number of aromatic nitrogens is 3. The smallest absolute Gasteiger partial charge is 0.267 e. The third-order valence-corrected chi connectivity index (χ3v) is 4.21. The number of hydrazone groups is 1. The van der Waals surface area contributed by atoms with E-state index in [4.69, 9.17) is 0 Å². The first-order valence-corrected chi connectivity index (χ1v) is 8.86. The molecular formula is C20H21N5O2. The Morgan fingerprint density at radius 1 is 1.19 bits per heavy atom. The van der Waals surface area contributed by atoms with Crippen LogP contribution in [0.1, 0.15) is 42.7 Å². The Morgan fingerprint density at radius 2 is 1.96 bits per heavy atom. The fourth-order valence-electron chi connectivity index (χ4n) is 2.69. The van der Waals surface area contributed by atoms with Crippen LogP contribution in [0.5, 0.6) is 0 Å². The molecule has 0 aliphatic rings. The van der Waals surface area contributed by atoms with Crippen molar-refractivity contribution in [3.05, 3.63) is 70.4 Å². The molecular weight excluding hydrogens is 342 g/mol. The maximum absolute atomic E-state index is 12.7. The van der Waals surface area contributed by atoms with Crippen LogP contribution < -0.4 is 11.0 Å². The summed E-state index contributed by atoms with van der Waals surface area (Å²) >= 11 is 0. The summed E-state index contributed by atoms with van der Waals surface area (Å²) in [5, 5.41) is 9.43. The quantitative estimate of drug-likeness (QED) is 0.539. The average molecular weight is 363 g/mol. The van der Waals surface area contributed by atoms with Crippen LogP contribution in [-0.4, -0.2) is 26.4 Å². The zero-order chi connectivity index (χ0) is 19.2. The third-order valence-electron chi connectivity index (χ3n) is 4.21. The number of hydrogen-bond acceptors (Lipinski definition) is 5. The number of nitrogens with zero attached hydrogens (tertiary/aromatic N) is 4. The second kappa shape index (κ2) is 8.35. The minimum Gasteiger partial charge on any atom is -0.267 e. The average Bonchev–Trinajstić information content (AvgIpc) is 2.72. The molecule has 27 heavy (non-hydrogen) atoms. The Morgan fingerprint density at radius 3 is 2.67 bits per heavy atom. The van der Waals surface area contributed by atoms with Gasteiger partial charge in [0.2, 0.25) is 0 Å². The molecule has 0 saturated carbocycles. The van der Waals surface area contributed by atoms with Gasteiger partial charge in [-0.15, -0.1) is 0 Å². The minimum atomic E-state index is -0.459. The van der Waals surface area contributed by atoms with Crippen LogP contribution in [0.15, 0.2) is 58.7 Å². The maximum atomic E-state index is 12.7. The normalized spacial score (nSPS) is 11.6. The number of aryl methyl sites for hydroxylation is 1. The van der Waals surface area contributed by atoms with E-state index in [1.807, 2.05) is 13.0 Å². The Bertz CT molecular complexity index is 1040. The summed E-state index contributed by atoms with van der Waals surface area (Å²) in [6.45, 7) is 4.29. The maximum Gasteiger partial charge on any atom is 0.292 e. The fourth-order valence-corrected chi connectivity index (χ4v) is 2.69. The van der Waals surface area contributed by atoms with E-state index in [0.29, 0.717) is 23.0 Å². The lowest BCUT2D eigenvalue weighted by Crippen LogP contribution is -2.29. The largest absolute Gasteiger partial charge is 0.292 e. The molecule has 1 N–H and O–H groups in total. The first-order valence-electron chi connectivity index (χ1n) is 8.86. The van der Waals surface area contributed by atoms with E-state index in [9.17, 15) is 9.59 Å². The summed E-state index contributed by atoms with van der Waals surface area (Å²) in [5.74, 6) is -0.459. The molecule has 3 rings (SSSR count). The zero-order valence-electron chi connectivity index (χ0n) is 15.3. The molecule has 7 heteroatoms. The van der Waals surface area contributed by atoms with Crippen molar-refractivity contribution in [1.29, 1.82) is 0 Å². The molecule has 3 aromatic rings. The number of amides is 1. The van der Waals surface area contributed by atoms with Crippen LogP contribution in [-0.2, 0) is 6.54 Å². The number of carbonyl (C=O) groups is 1. The van der Waals surface area contributed by atoms with Gasteiger partial charge >= 0.3 is 0 Å². The number of carbonyl (C=O) groups excluding carboxylic acids is 1. The van der Waals surface area contributed by atoms with E-state index in [2.05, 4.69) is 20.6 Å². The van der Waals surface area contributed by atoms with Gasteiger partial charge in [-0.05, 0) is 25.5 Å². The molecule has 0 fully saturated rings. The van der Waals surface area contributed by atoms with Crippen LogP contribution in [0.3, 0.4) is 0 Å². The predicted molar refractivity (Wildman–Crippen MR) is 105 cm³/mol. The summed E-state index contributed by atoms with van der Waals surface area (Å²) in [7, 11) is 0. The molecule has 0 spiro atoms. The Balaban J connectivity index is 1.96. The molecule has 0 saturated heterocycles. The van der Waals surface area contributed by atoms with Crippen LogP contribution in [0, 0.1) is 0 Å². The molecule has 1 aromatic carbocycles. The van der Waals surface area contributed by atoms with Crippen LogP contribution in [0.4, 0.5) is 0 Å². The van der Waals surface area contributed by atoms with Gasteiger partial charge in [-0.25, -0.2) is 10.1 Å². The SMILES string of the molecule is CCCCn1nc(C(=O)N/N=C(/C)c2cccnc2)c2ccccc2c1=O. The summed E-state index contributed by atoms with van der Waals surface area (Å²) in [6, 6.07) is 10.6. The molecule has 0 aliphatic heterocycles. The molecule has 0 bridgehead atoms. The van der Waals surface area contributed by atoms with E-state index in [1.54, 1.807) is 49.6 Å². The van der Waals surface area contributed by atoms with E-state index < -0.39 is 5.91 Å². The number of rotatable bonds is 6. The standard InChI is InChI=1S/C20H21N5O2/c1-3-4-12-25-20(27)17-10-6-5-9-16(17)18(24-25)19(26)23-22-14(2)15-8-7-11-21-13-15/h5-11,13H,3-4,12H2,1-2H3,(H,23,26)/b22-14-. The monoisotopic (exact) mass is 363 g/mol. The number of unbranched alkanes of at least 4 members (excludes halogenated alkanes) is 1. The lowest BCUT2D eigenvalue weighted by Gasteiger charge is -2.10. The highest BCUT2D eigenvalue weighted by Gasteiger charge is 2.16. The van der Waals surface area contributed by atoms with E-state index in [-0.39, 0.29) is 11.3 Å². The molecule has 138 valence electrons. The van der Waals surface area contributed by atoms with Crippen molar-refractivity contribution in [2.45, 2.75) is 33.2 Å². The molecule has 0 aliphatic carbocycles. The Labute approximate surface area is 156 Å². The predicted octanol–water partition coefficient (Wildman–Crippen LogP) is 2.75. The van der Waals surface area contributed by atoms with Gasteiger partial charge in [0.25, 0.3) is 11.5 Å². The summed E-state index contributed by atoms with van der Waals surface area (Å²) in [5.41, 5.74) is 3.96. The number of benzene rings is 1. The molecule has 2 aromatic heterocycles. The highest BCUT2D eigenvalue weighted by Crippen LogP contribution is 2.13. The zero-order valence-corrected chi connectivity index (χ0v) is 15.3. The van der Waals surface area contributed by atoms with Crippen molar-refractivity contribution in [2.75, 3.05) is 0 Å². The van der Waals surface area contributed by atoms with Crippen LogP contribution in [0.2, 0.25) is 0 Å². The lowest BCUT2D eigenvalue weighted by atomic mass is 10.1. The van der Waals surface area contributed by atoms with Crippen LogP contribution in [0.25, 0.3) is 10.8 Å². The van der Waals surface area contributed by atoms with Gasteiger partial charge in [-0.3, -0.25) is 14.6 Å². The van der Waals surface area contributed by atoms with Crippen molar-refractivity contribution >= 4 is 22.4 Å². The number of hydrogen-bond donors (Lipinski definition) is 1. The number of fused-ring (bicyclic) bond motifs is 1. The van der Waals surface area contributed by atoms with Crippen LogP contribution >= 0.6 is 0 Å². The second-order valence-electron chi connectivity index (χ2n) is 6.16. The summed E-state index contributed by atoms with van der Waals surface area (Å²) < 4.78 is 1.36. The van der Waals surface area contributed by atoms with Crippen molar-refractivity contribution < 1.29 is 4.79 Å². The van der Waals surface area contributed by atoms with Crippen molar-refractivity contribution in [2.24, 2.45) is 5.10 Å². The summed E-state index contributed by atoms with van der Waals surface area (Å²) in [6.07, 6.45) is 5.08. The topological polar surface area (TPSA) is 89.2 Å². The van der Waals surface area contributed by atoms with Gasteiger partial charge in [0.1, 0.15) is 0 Å². The van der Waals surface area contributed by atoms with Crippen molar-refractivity contribution in [1.82, 2.24) is 20.2 Å². The fraction of sp³-hybridized carbons (Fsp3) is 0.250. The van der Waals surface area contributed by atoms with Gasteiger partial charge in [-0.1, -0.05) is 37.6 Å². The van der Waals surface area contributed by atoms with E-state index >= 15 is 0 Å². The molecule has 2 heterocycles. The molecule has 0 unspecified atom stereocenters. The van der Waals surface area contributed by atoms with Gasteiger partial charge in [0.05, 0.1) is 11.1 Å². The highest BCUT2D eigenvalue weighted by atomic mass is 16.2. The van der Waals surface area contributed by atoms with Gasteiger partial charge in [0, 0.05) is 29.9 Å². The minimum absolute atomic E-state index is 0.184. The first kappa shape index (κ1) is 18.4. The number of pyridine rings is 1. The van der Waals surface area contributed by atoms with Crippen molar-refractivity contribution in [3.63, 3.8) is 0 Å². The molecule has 0 radical (unpaired) electrons. The summed E-state index contributed by atoms with van der Waals surface area (Å²) in [4.78, 5) is 29.4. The lowest BCUT2D eigenvalue weighted by molar-refractivity contribution is 0.0949. The first-order chi connectivity index (χ1) is 13.1. The molecule has 0 atom stereocenters. The third kappa shape index (κ3) is 4.08. The molecule has 1 amide bonds. The van der Waals surface area contributed by atoms with Crippen molar-refractivity contribution in [3.8, 4) is 0 Å². The number of nitrogens with one attached hydrogen (secondary N) is 1. The van der Waals surface area contributed by atoms with Gasteiger partial charge < -0.3 is 0 Å². The molecule has 7 nitrogen and oxygen atoms in total.